The Morgan fingerprint density at radius 1 is 1.44 bits per heavy atom. The second-order valence-electron chi connectivity index (χ2n) is 4.00. The average Bonchev–Trinajstić information content (AvgIpc) is 2.27. The highest BCUT2D eigenvalue weighted by atomic mass is 35.5. The van der Waals surface area contributed by atoms with Crippen LogP contribution in [-0.2, 0) is 17.4 Å². The second kappa shape index (κ2) is 6.09. The summed E-state index contributed by atoms with van der Waals surface area (Å²) in [6.45, 7) is 1.71. The molecule has 0 heterocycles. The van der Waals surface area contributed by atoms with Gasteiger partial charge in [0.25, 0.3) is 0 Å². The summed E-state index contributed by atoms with van der Waals surface area (Å²) in [4.78, 5) is 11.0. The number of hydrogen-bond donors (Lipinski definition) is 1. The van der Waals surface area contributed by atoms with Crippen LogP contribution in [0.25, 0.3) is 0 Å². The number of alkyl halides is 4. The first-order valence-electron chi connectivity index (χ1n) is 5.34. The van der Waals surface area contributed by atoms with E-state index < -0.39 is 11.7 Å². The highest BCUT2D eigenvalue weighted by Crippen LogP contribution is 2.29. The average molecular weight is 280 g/mol. The number of carbonyl (C=O) groups excluding carboxylic acids is 1. The number of carbonyl (C=O) groups is 1. The van der Waals surface area contributed by atoms with Crippen LogP contribution in [0.4, 0.5) is 13.2 Å². The fourth-order valence-electron chi connectivity index (χ4n) is 1.59. The second-order valence-corrected chi connectivity index (χ2v) is 4.27. The van der Waals surface area contributed by atoms with Gasteiger partial charge in [0.15, 0.2) is 0 Å². The molecule has 0 fully saturated rings. The number of nitrogens with one attached hydrogen (secondary N) is 1. The van der Waals surface area contributed by atoms with Gasteiger partial charge in [0.05, 0.1) is 5.56 Å². The van der Waals surface area contributed by atoms with Gasteiger partial charge in [-0.2, -0.15) is 13.2 Å². The van der Waals surface area contributed by atoms with Crippen LogP contribution in [-0.4, -0.2) is 17.8 Å². The van der Waals surface area contributed by atoms with Crippen LogP contribution in [0, 0.1) is 0 Å². The van der Waals surface area contributed by atoms with Crippen LogP contribution in [0.2, 0.25) is 0 Å². The van der Waals surface area contributed by atoms with Crippen LogP contribution in [0.5, 0.6) is 0 Å². The quantitative estimate of drug-likeness (QED) is 0.844. The Balaban J connectivity index is 2.71. The monoisotopic (exact) mass is 279 g/mol. The summed E-state index contributed by atoms with van der Waals surface area (Å²) in [5, 5.41) is 2.58. The Hall–Kier alpha value is -1.23. The number of rotatable bonds is 4. The first kappa shape index (κ1) is 14.8. The van der Waals surface area contributed by atoms with Crippen molar-refractivity contribution in [3.05, 3.63) is 35.4 Å². The van der Waals surface area contributed by atoms with E-state index in [0.717, 1.165) is 12.1 Å². The van der Waals surface area contributed by atoms with Gasteiger partial charge in [0, 0.05) is 6.04 Å². The van der Waals surface area contributed by atoms with Crippen molar-refractivity contribution in [2.45, 2.75) is 25.6 Å². The summed E-state index contributed by atoms with van der Waals surface area (Å²) in [5.41, 5.74) is -0.164. The maximum atomic E-state index is 12.5. The van der Waals surface area contributed by atoms with Crippen molar-refractivity contribution in [3.8, 4) is 0 Å². The lowest BCUT2D eigenvalue weighted by atomic mass is 10.0. The molecule has 1 N–H and O–H groups in total. The Morgan fingerprint density at radius 3 is 2.67 bits per heavy atom. The highest BCUT2D eigenvalue weighted by molar-refractivity contribution is 6.27. The van der Waals surface area contributed by atoms with Gasteiger partial charge in [-0.1, -0.05) is 18.2 Å². The lowest BCUT2D eigenvalue weighted by molar-refractivity contribution is -0.137. The van der Waals surface area contributed by atoms with Crippen molar-refractivity contribution in [2.24, 2.45) is 0 Å². The Labute approximate surface area is 108 Å². The molecular weight excluding hydrogens is 267 g/mol. The molecule has 100 valence electrons. The molecule has 18 heavy (non-hydrogen) atoms. The number of halogens is 4. The van der Waals surface area contributed by atoms with E-state index in [2.05, 4.69) is 5.32 Å². The molecule has 0 radical (unpaired) electrons. The third-order valence-electron chi connectivity index (χ3n) is 2.32. The predicted molar refractivity (Wildman–Crippen MR) is 63.5 cm³/mol. The molecule has 0 spiro atoms. The number of amides is 1. The van der Waals surface area contributed by atoms with E-state index in [4.69, 9.17) is 11.6 Å². The summed E-state index contributed by atoms with van der Waals surface area (Å²) in [6, 6.07) is 4.79. The van der Waals surface area contributed by atoms with Crippen LogP contribution in [0.1, 0.15) is 18.1 Å². The molecule has 0 aliphatic rings. The van der Waals surface area contributed by atoms with Gasteiger partial charge in [-0.15, -0.1) is 11.6 Å². The van der Waals surface area contributed by atoms with Gasteiger partial charge < -0.3 is 5.32 Å². The number of benzene rings is 1. The van der Waals surface area contributed by atoms with Gasteiger partial charge >= 0.3 is 6.18 Å². The molecule has 6 heteroatoms. The first-order valence-corrected chi connectivity index (χ1v) is 5.88. The SMILES string of the molecule is C[C@H](Cc1cccc(C(F)(F)F)c1)NC(=O)CCl. The zero-order valence-corrected chi connectivity index (χ0v) is 10.5. The maximum absolute atomic E-state index is 12.5. The van der Waals surface area contributed by atoms with Crippen molar-refractivity contribution in [2.75, 3.05) is 5.88 Å². The van der Waals surface area contributed by atoms with Crippen molar-refractivity contribution < 1.29 is 18.0 Å². The molecule has 0 aliphatic heterocycles. The van der Waals surface area contributed by atoms with E-state index in [-0.39, 0.29) is 17.8 Å². The minimum Gasteiger partial charge on any atom is -0.352 e. The Kier molecular flexibility index (Phi) is 5.02. The third-order valence-corrected chi connectivity index (χ3v) is 2.57. The molecule has 1 aromatic carbocycles. The standard InChI is InChI=1S/C12H13ClF3NO/c1-8(17-11(18)7-13)5-9-3-2-4-10(6-9)12(14,15)16/h2-4,6,8H,5,7H2,1H3,(H,17,18)/t8-/m1/s1. The van der Waals surface area contributed by atoms with Crippen molar-refractivity contribution in [3.63, 3.8) is 0 Å². The predicted octanol–water partition coefficient (Wildman–Crippen LogP) is 2.99. The minimum absolute atomic E-state index is 0.160. The molecule has 0 saturated carbocycles. The fraction of sp³-hybridized carbons (Fsp3) is 0.417. The molecule has 0 aromatic heterocycles. The molecule has 0 saturated heterocycles. The lowest BCUT2D eigenvalue weighted by Crippen LogP contribution is -2.34. The van der Waals surface area contributed by atoms with Gasteiger partial charge in [0.1, 0.15) is 5.88 Å². The normalized spacial score (nSPS) is 13.2. The Morgan fingerprint density at radius 2 is 2.11 bits per heavy atom. The van der Waals surface area contributed by atoms with Crippen LogP contribution >= 0.6 is 11.6 Å². The van der Waals surface area contributed by atoms with Crippen LogP contribution in [0.3, 0.4) is 0 Å². The van der Waals surface area contributed by atoms with Gasteiger partial charge in [-0.05, 0) is 25.0 Å². The van der Waals surface area contributed by atoms with Crippen LogP contribution < -0.4 is 5.32 Å². The lowest BCUT2D eigenvalue weighted by Gasteiger charge is -2.14. The molecule has 0 unspecified atom stereocenters. The topological polar surface area (TPSA) is 29.1 Å². The third kappa shape index (κ3) is 4.56. The Bertz CT molecular complexity index is 420. The molecular formula is C12H13ClF3NO. The van der Waals surface area contributed by atoms with Crippen LogP contribution in [0.15, 0.2) is 24.3 Å². The zero-order chi connectivity index (χ0) is 13.8. The van der Waals surface area contributed by atoms with E-state index in [1.807, 2.05) is 0 Å². The van der Waals surface area contributed by atoms with E-state index >= 15 is 0 Å². The molecule has 1 amide bonds. The summed E-state index contributed by atoms with van der Waals surface area (Å²) in [6.07, 6.45) is -4.02. The summed E-state index contributed by atoms with van der Waals surface area (Å²) in [5.74, 6) is -0.497. The number of hydrogen-bond acceptors (Lipinski definition) is 1. The van der Waals surface area contributed by atoms with E-state index in [1.165, 1.54) is 6.07 Å². The molecule has 1 atom stereocenters. The highest BCUT2D eigenvalue weighted by Gasteiger charge is 2.30. The summed E-state index contributed by atoms with van der Waals surface area (Å²) < 4.78 is 37.4. The first-order chi connectivity index (χ1) is 8.32. The van der Waals surface area contributed by atoms with Crippen molar-refractivity contribution in [1.82, 2.24) is 5.32 Å². The molecule has 1 aromatic rings. The summed E-state index contributed by atoms with van der Waals surface area (Å²) in [7, 11) is 0. The van der Waals surface area contributed by atoms with Gasteiger partial charge in [-0.25, -0.2) is 0 Å². The molecule has 0 bridgehead atoms. The van der Waals surface area contributed by atoms with E-state index in [9.17, 15) is 18.0 Å². The summed E-state index contributed by atoms with van der Waals surface area (Å²) >= 11 is 5.32. The maximum Gasteiger partial charge on any atom is 0.416 e. The van der Waals surface area contributed by atoms with E-state index in [0.29, 0.717) is 12.0 Å². The fourth-order valence-corrected chi connectivity index (χ4v) is 1.67. The molecule has 2 nitrogen and oxygen atoms in total. The van der Waals surface area contributed by atoms with Gasteiger partial charge in [0.2, 0.25) is 5.91 Å². The smallest absolute Gasteiger partial charge is 0.352 e. The van der Waals surface area contributed by atoms with Crippen molar-refractivity contribution >= 4 is 17.5 Å². The zero-order valence-electron chi connectivity index (χ0n) is 9.72. The largest absolute Gasteiger partial charge is 0.416 e. The minimum atomic E-state index is -4.35. The molecule has 0 aliphatic carbocycles. The molecule has 1 rings (SSSR count). The van der Waals surface area contributed by atoms with Gasteiger partial charge in [-0.3, -0.25) is 4.79 Å². The van der Waals surface area contributed by atoms with E-state index in [1.54, 1.807) is 13.0 Å². The van der Waals surface area contributed by atoms with Crippen molar-refractivity contribution in [1.29, 1.82) is 0 Å².